The van der Waals surface area contributed by atoms with Gasteiger partial charge in [0.15, 0.2) is 11.5 Å². The standard InChI is InChI=1S/C20H16ClN3O4/c1-12(20(26)22-16-5-3-2-4-14(16)21)24-19(25)9-7-15(23-24)13-6-8-17-18(10-13)28-11-27-17/h2-10,12H,11H2,1H3,(H,22,26). The summed E-state index contributed by atoms with van der Waals surface area (Å²) in [5.41, 5.74) is 1.37. The van der Waals surface area contributed by atoms with Gasteiger partial charge in [-0.15, -0.1) is 0 Å². The molecule has 0 saturated carbocycles. The molecule has 2 aromatic carbocycles. The number of halogens is 1. The molecule has 4 rings (SSSR count). The highest BCUT2D eigenvalue weighted by Gasteiger charge is 2.20. The van der Waals surface area contributed by atoms with Crippen LogP contribution in [0.25, 0.3) is 11.3 Å². The summed E-state index contributed by atoms with van der Waals surface area (Å²) in [7, 11) is 0. The summed E-state index contributed by atoms with van der Waals surface area (Å²) in [5, 5.41) is 7.50. The lowest BCUT2D eigenvalue weighted by Crippen LogP contribution is -2.33. The van der Waals surface area contributed by atoms with E-state index in [1.165, 1.54) is 6.07 Å². The van der Waals surface area contributed by atoms with Crippen molar-refractivity contribution < 1.29 is 14.3 Å². The van der Waals surface area contributed by atoms with Gasteiger partial charge >= 0.3 is 0 Å². The van der Waals surface area contributed by atoms with Gasteiger partial charge in [-0.3, -0.25) is 9.59 Å². The molecule has 0 aliphatic carbocycles. The number of nitrogens with one attached hydrogen (secondary N) is 1. The number of benzene rings is 2. The Morgan fingerprint density at radius 2 is 1.93 bits per heavy atom. The smallest absolute Gasteiger partial charge is 0.267 e. The molecule has 3 aromatic rings. The van der Waals surface area contributed by atoms with Crippen molar-refractivity contribution in [1.29, 1.82) is 0 Å². The van der Waals surface area contributed by atoms with E-state index in [0.29, 0.717) is 27.9 Å². The second-order valence-electron chi connectivity index (χ2n) is 6.21. The first-order chi connectivity index (χ1) is 13.5. The Hall–Kier alpha value is -3.32. The predicted molar refractivity (Wildman–Crippen MR) is 105 cm³/mol. The van der Waals surface area contributed by atoms with E-state index in [2.05, 4.69) is 10.4 Å². The largest absolute Gasteiger partial charge is 0.454 e. The van der Waals surface area contributed by atoms with Gasteiger partial charge in [0.25, 0.3) is 5.56 Å². The Kier molecular flexibility index (Phi) is 4.75. The Morgan fingerprint density at radius 1 is 1.14 bits per heavy atom. The van der Waals surface area contributed by atoms with Gasteiger partial charge in [0, 0.05) is 11.6 Å². The van der Waals surface area contributed by atoms with Gasteiger partial charge < -0.3 is 14.8 Å². The maximum Gasteiger partial charge on any atom is 0.267 e. The lowest BCUT2D eigenvalue weighted by molar-refractivity contribution is -0.119. The first-order valence-electron chi connectivity index (χ1n) is 8.58. The number of carbonyl (C=O) groups is 1. The molecule has 0 fully saturated rings. The van der Waals surface area contributed by atoms with E-state index in [1.807, 2.05) is 6.07 Å². The molecule has 0 bridgehead atoms. The highest BCUT2D eigenvalue weighted by atomic mass is 35.5. The fraction of sp³-hybridized carbons (Fsp3) is 0.150. The van der Waals surface area contributed by atoms with Gasteiger partial charge in [0.2, 0.25) is 12.7 Å². The number of nitrogens with zero attached hydrogens (tertiary/aromatic N) is 2. The number of hydrogen-bond acceptors (Lipinski definition) is 5. The van der Waals surface area contributed by atoms with Gasteiger partial charge in [0.05, 0.1) is 16.4 Å². The number of fused-ring (bicyclic) bond motifs is 1. The Bertz CT molecular complexity index is 1110. The third-order valence-corrected chi connectivity index (χ3v) is 4.70. The molecule has 1 amide bonds. The lowest BCUT2D eigenvalue weighted by atomic mass is 10.1. The quantitative estimate of drug-likeness (QED) is 0.728. The van der Waals surface area contributed by atoms with Crippen LogP contribution in [0.5, 0.6) is 11.5 Å². The van der Waals surface area contributed by atoms with E-state index < -0.39 is 11.9 Å². The zero-order valence-electron chi connectivity index (χ0n) is 14.9. The summed E-state index contributed by atoms with van der Waals surface area (Å²) in [6, 6.07) is 14.4. The Labute approximate surface area is 165 Å². The maximum absolute atomic E-state index is 12.6. The number of carbonyl (C=O) groups excluding carboxylic acids is 1. The van der Waals surface area contributed by atoms with E-state index in [-0.39, 0.29) is 12.4 Å². The van der Waals surface area contributed by atoms with Crippen LogP contribution in [0, 0.1) is 0 Å². The summed E-state index contributed by atoms with van der Waals surface area (Å²) < 4.78 is 11.8. The monoisotopic (exact) mass is 397 g/mol. The zero-order chi connectivity index (χ0) is 19.7. The molecule has 0 saturated heterocycles. The van der Waals surface area contributed by atoms with Crippen LogP contribution < -0.4 is 20.3 Å². The van der Waals surface area contributed by atoms with Crippen molar-refractivity contribution in [3.05, 3.63) is 70.0 Å². The third-order valence-electron chi connectivity index (χ3n) is 4.37. The zero-order valence-corrected chi connectivity index (χ0v) is 15.6. The van der Waals surface area contributed by atoms with Crippen LogP contribution in [0.4, 0.5) is 5.69 Å². The van der Waals surface area contributed by atoms with E-state index in [0.717, 1.165) is 10.2 Å². The van der Waals surface area contributed by atoms with E-state index >= 15 is 0 Å². The van der Waals surface area contributed by atoms with Gasteiger partial charge in [-0.1, -0.05) is 23.7 Å². The summed E-state index contributed by atoms with van der Waals surface area (Å²) in [5.74, 6) is 0.872. The van der Waals surface area contributed by atoms with Gasteiger partial charge in [0.1, 0.15) is 6.04 Å². The SMILES string of the molecule is CC(C(=O)Nc1ccccc1Cl)n1nc(-c2ccc3c(c2)OCO3)ccc1=O. The number of aromatic nitrogens is 2. The van der Waals surface area contributed by atoms with Gasteiger partial charge in [-0.25, -0.2) is 4.68 Å². The molecule has 1 aromatic heterocycles. The van der Waals surface area contributed by atoms with Gasteiger partial charge in [-0.05, 0) is 43.3 Å². The lowest BCUT2D eigenvalue weighted by Gasteiger charge is -2.15. The maximum atomic E-state index is 12.6. The number of amides is 1. The topological polar surface area (TPSA) is 82.5 Å². The highest BCUT2D eigenvalue weighted by molar-refractivity contribution is 6.33. The van der Waals surface area contributed by atoms with Crippen molar-refractivity contribution in [3.63, 3.8) is 0 Å². The molecule has 1 unspecified atom stereocenters. The third kappa shape index (κ3) is 3.44. The van der Waals surface area contributed by atoms with E-state index in [1.54, 1.807) is 49.4 Å². The molecule has 1 aliphatic heterocycles. The second kappa shape index (κ2) is 7.36. The van der Waals surface area contributed by atoms with Crippen LogP contribution >= 0.6 is 11.6 Å². The molecular formula is C20H16ClN3O4. The van der Waals surface area contributed by atoms with E-state index in [4.69, 9.17) is 21.1 Å². The average Bonchev–Trinajstić information content (AvgIpc) is 3.17. The van der Waals surface area contributed by atoms with Crippen molar-refractivity contribution in [2.24, 2.45) is 0 Å². The van der Waals surface area contributed by atoms with Crippen molar-refractivity contribution in [2.75, 3.05) is 12.1 Å². The van der Waals surface area contributed by atoms with Crippen molar-refractivity contribution in [2.45, 2.75) is 13.0 Å². The fourth-order valence-electron chi connectivity index (χ4n) is 2.82. The molecule has 2 heterocycles. The molecule has 1 atom stereocenters. The predicted octanol–water partition coefficient (Wildman–Crippen LogP) is 3.49. The molecule has 142 valence electrons. The van der Waals surface area contributed by atoms with Crippen LogP contribution in [-0.2, 0) is 4.79 Å². The number of rotatable bonds is 4. The molecular weight excluding hydrogens is 382 g/mol. The molecule has 0 radical (unpaired) electrons. The van der Waals surface area contributed by atoms with Crippen LogP contribution in [0.2, 0.25) is 5.02 Å². The minimum Gasteiger partial charge on any atom is -0.454 e. The molecule has 0 spiro atoms. The first-order valence-corrected chi connectivity index (χ1v) is 8.96. The van der Waals surface area contributed by atoms with Crippen molar-refractivity contribution in [3.8, 4) is 22.8 Å². The fourth-order valence-corrected chi connectivity index (χ4v) is 3.01. The van der Waals surface area contributed by atoms with E-state index in [9.17, 15) is 9.59 Å². The summed E-state index contributed by atoms with van der Waals surface area (Å²) in [6.07, 6.45) is 0. The molecule has 7 nitrogen and oxygen atoms in total. The molecule has 8 heteroatoms. The number of anilines is 1. The second-order valence-corrected chi connectivity index (χ2v) is 6.62. The van der Waals surface area contributed by atoms with Crippen molar-refractivity contribution >= 4 is 23.2 Å². The van der Waals surface area contributed by atoms with Gasteiger partial charge in [-0.2, -0.15) is 5.10 Å². The van der Waals surface area contributed by atoms with Crippen LogP contribution in [0.1, 0.15) is 13.0 Å². The first kappa shape index (κ1) is 18.1. The van der Waals surface area contributed by atoms with Crippen LogP contribution in [0.3, 0.4) is 0 Å². The van der Waals surface area contributed by atoms with Crippen LogP contribution in [-0.4, -0.2) is 22.5 Å². The normalized spacial score (nSPS) is 13.2. The molecule has 28 heavy (non-hydrogen) atoms. The summed E-state index contributed by atoms with van der Waals surface area (Å²) >= 11 is 6.08. The highest BCUT2D eigenvalue weighted by Crippen LogP contribution is 2.35. The minimum absolute atomic E-state index is 0.172. The average molecular weight is 398 g/mol. The van der Waals surface area contributed by atoms with Crippen LogP contribution in [0.15, 0.2) is 59.4 Å². The number of para-hydroxylation sites is 1. The number of ether oxygens (including phenoxy) is 2. The summed E-state index contributed by atoms with van der Waals surface area (Å²) in [4.78, 5) is 24.9. The summed E-state index contributed by atoms with van der Waals surface area (Å²) in [6.45, 7) is 1.77. The molecule has 1 N–H and O–H groups in total. The Balaban J connectivity index is 1.62. The minimum atomic E-state index is -0.835. The molecule has 1 aliphatic rings. The van der Waals surface area contributed by atoms with Crippen molar-refractivity contribution in [1.82, 2.24) is 9.78 Å². The Morgan fingerprint density at radius 3 is 2.75 bits per heavy atom. The number of hydrogen-bond donors (Lipinski definition) is 1.